The molecule has 0 aromatic heterocycles. The third-order valence-electron chi connectivity index (χ3n) is 6.10. The molecule has 0 bridgehead atoms. The first-order valence-corrected chi connectivity index (χ1v) is 7.61. The molecule has 0 radical (unpaired) electrons. The molecule has 96 valence electrons. The fraction of sp³-hybridized carbons (Fsp3) is 0.667. The number of fused-ring (bicyclic) bond motifs is 5. The highest BCUT2D eigenvalue weighted by atomic mass is 14.5. The van der Waals surface area contributed by atoms with E-state index in [1.54, 1.807) is 0 Å². The van der Waals surface area contributed by atoms with E-state index >= 15 is 0 Å². The molecule has 18 heavy (non-hydrogen) atoms. The summed E-state index contributed by atoms with van der Waals surface area (Å²) in [6, 6.07) is 6.94. The Morgan fingerprint density at radius 1 is 1.33 bits per heavy atom. The van der Waals surface area contributed by atoms with E-state index in [2.05, 4.69) is 19.1 Å². The maximum absolute atomic E-state index is 8.41. The van der Waals surface area contributed by atoms with Gasteiger partial charge in [0.1, 0.15) is 0 Å². The highest BCUT2D eigenvalue weighted by Crippen LogP contribution is 2.60. The molecule has 0 amide bonds. The standard InChI is InChI=1S/C18H24/c1-18-11-4-7-17(18)16-9-8-13-5-2-3-6-14(13)15(16)10-12-18/h2-3,5-6,15-17H,4,7-12H2,1H3/t15-,16-,17+,18+/m1/s1/i2D,11D/t11?,15-,16-,17+,18+. The molecule has 5 atom stereocenters. The van der Waals surface area contributed by atoms with Crippen LogP contribution in [-0.4, -0.2) is 0 Å². The molecule has 0 heteroatoms. The van der Waals surface area contributed by atoms with Crippen LogP contribution in [0.3, 0.4) is 0 Å². The summed E-state index contributed by atoms with van der Waals surface area (Å²) in [5, 5.41) is 0. The Hall–Kier alpha value is -0.780. The molecule has 0 saturated heterocycles. The smallest absolute Gasteiger partial charge is 0.0620 e. The van der Waals surface area contributed by atoms with Crippen LogP contribution in [0.15, 0.2) is 24.2 Å². The van der Waals surface area contributed by atoms with Crippen LogP contribution in [0.4, 0.5) is 0 Å². The van der Waals surface area contributed by atoms with E-state index in [1.165, 1.54) is 36.8 Å². The van der Waals surface area contributed by atoms with Crippen molar-refractivity contribution in [1.29, 1.82) is 0 Å². The lowest BCUT2D eigenvalue weighted by molar-refractivity contribution is 0.0598. The van der Waals surface area contributed by atoms with Gasteiger partial charge in [0.05, 0.1) is 1.37 Å². The lowest BCUT2D eigenvalue weighted by atomic mass is 9.56. The summed E-state index contributed by atoms with van der Waals surface area (Å²) in [4.78, 5) is 0. The molecule has 2 fully saturated rings. The molecule has 0 nitrogen and oxygen atoms in total. The third kappa shape index (κ3) is 1.44. The first kappa shape index (κ1) is 9.18. The Morgan fingerprint density at radius 2 is 2.28 bits per heavy atom. The summed E-state index contributed by atoms with van der Waals surface area (Å²) in [7, 11) is 0. The van der Waals surface area contributed by atoms with Gasteiger partial charge < -0.3 is 0 Å². The molecule has 3 aliphatic carbocycles. The minimum Gasteiger partial charge on any atom is -0.0620 e. The summed E-state index contributed by atoms with van der Waals surface area (Å²) in [6.07, 6.45) is 7.49. The predicted octanol–water partition coefficient (Wildman–Crippen LogP) is 4.93. The summed E-state index contributed by atoms with van der Waals surface area (Å²) >= 11 is 0. The average molecular weight is 242 g/mol. The molecule has 1 aromatic carbocycles. The zero-order valence-corrected chi connectivity index (χ0v) is 11.3. The number of benzene rings is 1. The van der Waals surface area contributed by atoms with Crippen molar-refractivity contribution in [2.24, 2.45) is 17.3 Å². The van der Waals surface area contributed by atoms with Crippen LogP contribution in [0.5, 0.6) is 0 Å². The Balaban J connectivity index is 1.71. The molecule has 1 unspecified atom stereocenters. The van der Waals surface area contributed by atoms with Gasteiger partial charge in [-0.05, 0) is 72.8 Å². The minimum atomic E-state index is 0.172. The van der Waals surface area contributed by atoms with Crippen molar-refractivity contribution in [3.63, 3.8) is 0 Å². The Bertz CT molecular complexity index is 538. The van der Waals surface area contributed by atoms with Crippen molar-refractivity contribution in [2.45, 2.75) is 57.8 Å². The van der Waals surface area contributed by atoms with Crippen LogP contribution in [0.2, 0.25) is 0 Å². The molecule has 0 spiro atoms. The first-order valence-electron chi connectivity index (χ1n) is 8.69. The van der Waals surface area contributed by atoms with Crippen LogP contribution < -0.4 is 0 Å². The Labute approximate surface area is 114 Å². The van der Waals surface area contributed by atoms with Gasteiger partial charge in [0.15, 0.2) is 0 Å². The summed E-state index contributed by atoms with van der Waals surface area (Å²) in [5.74, 6) is 2.28. The van der Waals surface area contributed by atoms with Gasteiger partial charge in [-0.3, -0.25) is 0 Å². The topological polar surface area (TPSA) is 0 Å². The minimum absolute atomic E-state index is 0.172. The van der Waals surface area contributed by atoms with E-state index in [1.807, 2.05) is 6.07 Å². The average Bonchev–Trinajstić information content (AvgIpc) is 2.74. The number of aryl methyl sites for hydroxylation is 1. The highest BCUT2D eigenvalue weighted by Gasteiger charge is 2.49. The van der Waals surface area contributed by atoms with Gasteiger partial charge in [-0.2, -0.15) is 0 Å². The van der Waals surface area contributed by atoms with Crippen molar-refractivity contribution in [1.82, 2.24) is 0 Å². The number of hydrogen-bond donors (Lipinski definition) is 0. The normalized spacial score (nSPS) is 47.6. The van der Waals surface area contributed by atoms with E-state index in [-0.39, 0.29) is 11.8 Å². The third-order valence-corrected chi connectivity index (χ3v) is 6.10. The van der Waals surface area contributed by atoms with Gasteiger partial charge in [-0.25, -0.2) is 0 Å². The Morgan fingerprint density at radius 3 is 3.22 bits per heavy atom. The number of rotatable bonds is 0. The van der Waals surface area contributed by atoms with E-state index in [0.717, 1.165) is 24.7 Å². The van der Waals surface area contributed by atoms with Gasteiger partial charge in [-0.15, -0.1) is 0 Å². The molecule has 0 N–H and O–H groups in total. The Kier molecular flexibility index (Phi) is 1.97. The second-order valence-electron chi connectivity index (χ2n) is 6.87. The van der Waals surface area contributed by atoms with Gasteiger partial charge in [0.25, 0.3) is 0 Å². The van der Waals surface area contributed by atoms with Crippen LogP contribution in [0.25, 0.3) is 0 Å². The maximum atomic E-state index is 8.41. The van der Waals surface area contributed by atoms with E-state index in [0.29, 0.717) is 12.0 Å². The monoisotopic (exact) mass is 242 g/mol. The van der Waals surface area contributed by atoms with Crippen molar-refractivity contribution in [3.05, 3.63) is 35.4 Å². The van der Waals surface area contributed by atoms with Gasteiger partial charge in [-0.1, -0.05) is 37.6 Å². The molecule has 4 rings (SSSR count). The van der Waals surface area contributed by atoms with Crippen LogP contribution in [0, 0.1) is 17.3 Å². The van der Waals surface area contributed by atoms with Crippen molar-refractivity contribution >= 4 is 0 Å². The molecule has 1 aromatic rings. The fourth-order valence-electron chi connectivity index (χ4n) is 5.19. The largest absolute Gasteiger partial charge is 0.0623 e. The summed E-state index contributed by atoms with van der Waals surface area (Å²) in [6.45, 7) is 2.39. The molecule has 0 aliphatic heterocycles. The zero-order chi connectivity index (χ0) is 13.9. The predicted molar refractivity (Wildman–Crippen MR) is 75.7 cm³/mol. The van der Waals surface area contributed by atoms with Crippen molar-refractivity contribution in [2.75, 3.05) is 0 Å². The van der Waals surface area contributed by atoms with Crippen LogP contribution in [-0.2, 0) is 6.42 Å². The van der Waals surface area contributed by atoms with Crippen LogP contribution >= 0.6 is 0 Å². The summed E-state index contributed by atoms with van der Waals surface area (Å²) < 4.78 is 16.2. The van der Waals surface area contributed by atoms with Gasteiger partial charge in [0, 0.05) is 1.37 Å². The molecule has 2 saturated carbocycles. The molecule has 0 heterocycles. The molecule has 3 aliphatic rings. The SMILES string of the molecule is [2H]c1ccc2c(c1)CC[C@@H]1[C@@H]2CC[C@]2(C)C([2H])CC[C@@H]12. The molecular formula is C18H24. The van der Waals surface area contributed by atoms with E-state index in [4.69, 9.17) is 2.74 Å². The maximum Gasteiger partial charge on any atom is 0.0623 e. The van der Waals surface area contributed by atoms with E-state index in [9.17, 15) is 0 Å². The van der Waals surface area contributed by atoms with Crippen LogP contribution in [0.1, 0.15) is 65.2 Å². The highest BCUT2D eigenvalue weighted by molar-refractivity contribution is 5.34. The van der Waals surface area contributed by atoms with Gasteiger partial charge in [0.2, 0.25) is 0 Å². The quantitative estimate of drug-likeness (QED) is 0.605. The van der Waals surface area contributed by atoms with E-state index < -0.39 is 0 Å². The zero-order valence-electron chi connectivity index (χ0n) is 13.3. The van der Waals surface area contributed by atoms with Gasteiger partial charge >= 0.3 is 0 Å². The first-order chi connectivity index (χ1) is 9.59. The lowest BCUT2D eigenvalue weighted by Gasteiger charge is -2.49. The summed E-state index contributed by atoms with van der Waals surface area (Å²) in [5.41, 5.74) is 3.25. The lowest BCUT2D eigenvalue weighted by Crippen LogP contribution is -2.39. The van der Waals surface area contributed by atoms with Crippen molar-refractivity contribution in [3.8, 4) is 0 Å². The second kappa shape index (κ2) is 3.85. The fourth-order valence-corrected chi connectivity index (χ4v) is 5.19. The molecular weight excluding hydrogens is 216 g/mol. The number of hydrogen-bond acceptors (Lipinski definition) is 0. The second-order valence-corrected chi connectivity index (χ2v) is 6.87. The van der Waals surface area contributed by atoms with Crippen molar-refractivity contribution < 1.29 is 2.74 Å².